The van der Waals surface area contributed by atoms with Gasteiger partial charge in [-0.15, -0.1) is 0 Å². The van der Waals surface area contributed by atoms with E-state index in [1.54, 1.807) is 26.8 Å². The van der Waals surface area contributed by atoms with E-state index in [0.29, 0.717) is 17.0 Å². The SMILES string of the molecule is Cc1ccc(CNC(=O)OC(C)(C)C)cc1C(=O)N[C@H](C)c1cc(-c2cc(C(=O)O)c[nH]2)nc2ccccc12. The lowest BCUT2D eigenvalue weighted by molar-refractivity contribution is 0.0522. The number of carbonyl (C=O) groups is 3. The number of nitrogens with one attached hydrogen (secondary N) is 3. The highest BCUT2D eigenvalue weighted by molar-refractivity contribution is 5.96. The number of aryl methyl sites for hydroxylation is 1. The molecule has 0 unspecified atom stereocenters. The summed E-state index contributed by atoms with van der Waals surface area (Å²) in [6, 6.07) is 16.1. The van der Waals surface area contributed by atoms with Crippen molar-refractivity contribution in [2.24, 2.45) is 0 Å². The van der Waals surface area contributed by atoms with Gasteiger partial charge in [0.1, 0.15) is 5.60 Å². The molecule has 0 fully saturated rings. The van der Waals surface area contributed by atoms with Crippen LogP contribution in [0.15, 0.2) is 60.8 Å². The number of alkyl carbamates (subject to hydrolysis) is 1. The van der Waals surface area contributed by atoms with Crippen LogP contribution < -0.4 is 10.6 Å². The van der Waals surface area contributed by atoms with Crippen molar-refractivity contribution in [2.75, 3.05) is 0 Å². The minimum Gasteiger partial charge on any atom is -0.478 e. The summed E-state index contributed by atoms with van der Waals surface area (Å²) in [6.45, 7) is 9.35. The minimum absolute atomic E-state index is 0.138. The van der Waals surface area contributed by atoms with Gasteiger partial charge < -0.3 is 25.5 Å². The Labute approximate surface area is 226 Å². The second kappa shape index (κ2) is 11.0. The average Bonchev–Trinajstić information content (AvgIpc) is 3.37. The number of H-pyrrole nitrogens is 1. The molecule has 2 aromatic carbocycles. The summed E-state index contributed by atoms with van der Waals surface area (Å²) in [5.74, 6) is -1.28. The number of aromatic amines is 1. The number of aromatic nitrogens is 2. The molecule has 0 saturated heterocycles. The van der Waals surface area contributed by atoms with Gasteiger partial charge in [-0.25, -0.2) is 14.6 Å². The Balaban J connectivity index is 1.57. The standard InChI is InChI=1S/C30H32N4O5/c1-17-10-11-19(15-32-29(38)39-30(3,4)5)12-22(17)27(35)33-18(2)23-14-26(25-13-20(16-31-25)28(36)37)34-24-9-7-6-8-21(23)24/h6-14,16,18,31H,15H2,1-5H3,(H,32,38)(H,33,35)(H,36,37)/t18-/m1/s1. The fraction of sp³-hybridized carbons (Fsp3) is 0.267. The van der Waals surface area contributed by atoms with E-state index in [1.165, 1.54) is 12.3 Å². The van der Waals surface area contributed by atoms with Gasteiger partial charge in [-0.2, -0.15) is 0 Å². The molecule has 9 nitrogen and oxygen atoms in total. The molecule has 0 aliphatic heterocycles. The molecule has 0 aliphatic carbocycles. The molecule has 2 heterocycles. The molecular formula is C30H32N4O5. The summed E-state index contributed by atoms with van der Waals surface area (Å²) in [5, 5.41) is 16.0. The van der Waals surface area contributed by atoms with Crippen LogP contribution in [0.2, 0.25) is 0 Å². The van der Waals surface area contributed by atoms with Gasteiger partial charge in [0.15, 0.2) is 0 Å². The van der Waals surface area contributed by atoms with E-state index in [2.05, 4.69) is 15.6 Å². The van der Waals surface area contributed by atoms with Gasteiger partial charge in [-0.3, -0.25) is 4.79 Å². The molecule has 0 saturated carbocycles. The van der Waals surface area contributed by atoms with Crippen molar-refractivity contribution >= 4 is 28.9 Å². The molecule has 9 heteroatoms. The van der Waals surface area contributed by atoms with E-state index >= 15 is 0 Å². The fourth-order valence-electron chi connectivity index (χ4n) is 4.23. The third-order valence-electron chi connectivity index (χ3n) is 6.15. The Bertz CT molecular complexity index is 1550. The molecule has 4 aromatic rings. The Morgan fingerprint density at radius 2 is 1.82 bits per heavy atom. The number of pyridine rings is 1. The van der Waals surface area contributed by atoms with Crippen LogP contribution in [-0.2, 0) is 11.3 Å². The molecule has 4 rings (SSSR count). The van der Waals surface area contributed by atoms with E-state index in [0.717, 1.165) is 27.6 Å². The van der Waals surface area contributed by atoms with E-state index in [-0.39, 0.29) is 24.1 Å². The van der Waals surface area contributed by atoms with Crippen molar-refractivity contribution in [1.82, 2.24) is 20.6 Å². The van der Waals surface area contributed by atoms with Crippen LogP contribution in [0.25, 0.3) is 22.3 Å². The van der Waals surface area contributed by atoms with Gasteiger partial charge in [-0.05, 0) is 75.6 Å². The minimum atomic E-state index is -1.03. The molecule has 202 valence electrons. The zero-order valence-corrected chi connectivity index (χ0v) is 22.6. The molecule has 4 N–H and O–H groups in total. The quantitative estimate of drug-likeness (QED) is 0.241. The molecule has 2 aromatic heterocycles. The second-order valence-electron chi connectivity index (χ2n) is 10.4. The number of carboxylic acid groups (broad SMARTS) is 1. The van der Waals surface area contributed by atoms with Crippen LogP contribution in [0.1, 0.15) is 71.1 Å². The third-order valence-corrected chi connectivity index (χ3v) is 6.15. The van der Waals surface area contributed by atoms with Gasteiger partial charge in [0, 0.05) is 23.7 Å². The maximum atomic E-state index is 13.4. The van der Waals surface area contributed by atoms with Gasteiger partial charge >= 0.3 is 12.1 Å². The third kappa shape index (κ3) is 6.62. The Hall–Kier alpha value is -4.66. The zero-order chi connectivity index (χ0) is 28.3. The van der Waals surface area contributed by atoms with Crippen molar-refractivity contribution in [3.8, 4) is 11.4 Å². The van der Waals surface area contributed by atoms with E-state index in [1.807, 2.05) is 56.3 Å². The van der Waals surface area contributed by atoms with Crippen molar-refractivity contribution in [1.29, 1.82) is 0 Å². The number of hydrogen-bond acceptors (Lipinski definition) is 5. The summed E-state index contributed by atoms with van der Waals surface area (Å²) in [4.78, 5) is 44.5. The Kier molecular flexibility index (Phi) is 7.71. The van der Waals surface area contributed by atoms with Crippen LogP contribution in [0, 0.1) is 6.92 Å². The first-order chi connectivity index (χ1) is 18.4. The lowest BCUT2D eigenvalue weighted by atomic mass is 9.99. The summed E-state index contributed by atoms with van der Waals surface area (Å²) >= 11 is 0. The first kappa shape index (κ1) is 27.4. The maximum Gasteiger partial charge on any atom is 0.407 e. The van der Waals surface area contributed by atoms with E-state index in [4.69, 9.17) is 9.72 Å². The zero-order valence-electron chi connectivity index (χ0n) is 22.6. The number of ether oxygens (including phenoxy) is 1. The summed E-state index contributed by atoms with van der Waals surface area (Å²) < 4.78 is 5.29. The van der Waals surface area contributed by atoms with Crippen LogP contribution in [0.4, 0.5) is 4.79 Å². The largest absolute Gasteiger partial charge is 0.478 e. The molecular weight excluding hydrogens is 496 g/mol. The molecule has 2 amide bonds. The first-order valence-corrected chi connectivity index (χ1v) is 12.6. The van der Waals surface area contributed by atoms with Gasteiger partial charge in [-0.1, -0.05) is 30.3 Å². The van der Waals surface area contributed by atoms with Gasteiger partial charge in [0.25, 0.3) is 5.91 Å². The smallest absolute Gasteiger partial charge is 0.407 e. The van der Waals surface area contributed by atoms with Crippen molar-refractivity contribution < 1.29 is 24.2 Å². The number of carbonyl (C=O) groups excluding carboxylic acids is 2. The van der Waals surface area contributed by atoms with E-state index < -0.39 is 17.7 Å². The Morgan fingerprint density at radius 3 is 2.51 bits per heavy atom. The predicted octanol–water partition coefficient (Wildman–Crippen LogP) is 5.75. The van der Waals surface area contributed by atoms with Crippen LogP contribution >= 0.6 is 0 Å². The van der Waals surface area contributed by atoms with Crippen molar-refractivity contribution in [3.63, 3.8) is 0 Å². The number of nitrogens with zero attached hydrogens (tertiary/aromatic N) is 1. The summed E-state index contributed by atoms with van der Waals surface area (Å²) in [6.07, 6.45) is 0.896. The molecule has 0 aliphatic rings. The van der Waals surface area contributed by atoms with Gasteiger partial charge in [0.05, 0.1) is 28.5 Å². The lowest BCUT2D eigenvalue weighted by Gasteiger charge is -2.20. The number of aromatic carboxylic acids is 1. The monoisotopic (exact) mass is 528 g/mol. The average molecular weight is 529 g/mol. The lowest BCUT2D eigenvalue weighted by Crippen LogP contribution is -2.32. The van der Waals surface area contributed by atoms with E-state index in [9.17, 15) is 19.5 Å². The topological polar surface area (TPSA) is 133 Å². The van der Waals surface area contributed by atoms with Crippen molar-refractivity contribution in [3.05, 3.63) is 88.6 Å². The highest BCUT2D eigenvalue weighted by Crippen LogP contribution is 2.29. The fourth-order valence-corrected chi connectivity index (χ4v) is 4.23. The number of hydrogen-bond donors (Lipinski definition) is 4. The number of amides is 2. The number of para-hydroxylation sites is 1. The highest BCUT2D eigenvalue weighted by atomic mass is 16.6. The maximum absolute atomic E-state index is 13.4. The van der Waals surface area contributed by atoms with Crippen molar-refractivity contribution in [2.45, 2.75) is 52.8 Å². The normalized spacial score (nSPS) is 12.1. The van der Waals surface area contributed by atoms with Crippen LogP contribution in [-0.4, -0.2) is 38.6 Å². The predicted molar refractivity (Wildman–Crippen MR) is 149 cm³/mol. The molecule has 1 atom stereocenters. The summed E-state index contributed by atoms with van der Waals surface area (Å²) in [7, 11) is 0. The summed E-state index contributed by atoms with van der Waals surface area (Å²) in [5.41, 5.74) is 4.31. The number of benzene rings is 2. The molecule has 0 spiro atoms. The molecule has 0 bridgehead atoms. The number of carboxylic acids is 1. The number of rotatable bonds is 7. The first-order valence-electron chi connectivity index (χ1n) is 12.6. The highest BCUT2D eigenvalue weighted by Gasteiger charge is 2.19. The second-order valence-corrected chi connectivity index (χ2v) is 10.4. The Morgan fingerprint density at radius 1 is 1.08 bits per heavy atom. The van der Waals surface area contributed by atoms with Crippen LogP contribution in [0.3, 0.4) is 0 Å². The van der Waals surface area contributed by atoms with Gasteiger partial charge in [0.2, 0.25) is 0 Å². The molecule has 39 heavy (non-hydrogen) atoms. The molecule has 0 radical (unpaired) electrons. The van der Waals surface area contributed by atoms with Crippen LogP contribution in [0.5, 0.6) is 0 Å². The number of fused-ring (bicyclic) bond motifs is 1.